The van der Waals surface area contributed by atoms with Gasteiger partial charge in [0.2, 0.25) is 0 Å². The summed E-state index contributed by atoms with van der Waals surface area (Å²) in [5.41, 5.74) is 4.58. The normalized spacial score (nSPS) is 12.4. The van der Waals surface area contributed by atoms with Crippen LogP contribution in [0.1, 0.15) is 5.56 Å². The average Bonchev–Trinajstić information content (AvgIpc) is 2.16. The van der Waals surface area contributed by atoms with Crippen molar-refractivity contribution in [1.82, 2.24) is 0 Å². The van der Waals surface area contributed by atoms with Crippen molar-refractivity contribution in [1.29, 1.82) is 0 Å². The van der Waals surface area contributed by atoms with Gasteiger partial charge in [0.05, 0.1) is 18.4 Å². The monoisotopic (exact) mass is 257 g/mol. The lowest BCUT2D eigenvalue weighted by Gasteiger charge is -2.13. The molecule has 0 bridgehead atoms. The van der Waals surface area contributed by atoms with Crippen LogP contribution in [0.4, 0.5) is 0 Å². The molecule has 0 aliphatic rings. The second-order valence-corrected chi connectivity index (χ2v) is 4.05. The van der Waals surface area contributed by atoms with Gasteiger partial charge in [0.1, 0.15) is 0 Å². The summed E-state index contributed by atoms with van der Waals surface area (Å²) in [6.45, 7) is 0.360. The molecular weight excluding hydrogens is 246 g/mol. The molecule has 0 heterocycles. The first-order valence-electron chi connectivity index (χ1n) is 4.38. The lowest BCUT2D eigenvalue weighted by atomic mass is 10.00. The molecule has 0 amide bonds. The van der Waals surface area contributed by atoms with Crippen LogP contribution in [-0.2, 0) is 11.2 Å². The fourth-order valence-corrected chi connectivity index (χ4v) is 1.47. The standard InChI is InChI=1S/C10H12BrNO2/c11-9-3-1-7(2-4-9)5-8(6-12)10(13)14/h1-4,8H,5-6,12H2,(H,13,14)/t8-/m0/s1. The molecule has 0 fully saturated rings. The molecule has 0 radical (unpaired) electrons. The van der Waals surface area contributed by atoms with Crippen molar-refractivity contribution in [3.8, 4) is 0 Å². The van der Waals surface area contributed by atoms with Crippen LogP contribution in [0.2, 0.25) is 0 Å². The number of halogens is 1. The van der Waals surface area contributed by atoms with Crippen LogP contribution < -0.4 is 10.8 Å². The molecule has 0 aromatic heterocycles. The SMILES string of the molecule is [NH3+]C[C@H](Cc1ccc(Br)cc1)C(=O)[O-]. The second-order valence-electron chi connectivity index (χ2n) is 3.14. The quantitative estimate of drug-likeness (QED) is 0.798. The number of aliphatic carboxylic acids is 1. The van der Waals surface area contributed by atoms with E-state index in [1.54, 1.807) is 0 Å². The van der Waals surface area contributed by atoms with E-state index in [9.17, 15) is 9.90 Å². The van der Waals surface area contributed by atoms with Crippen molar-refractivity contribution >= 4 is 21.9 Å². The van der Waals surface area contributed by atoms with E-state index < -0.39 is 11.9 Å². The van der Waals surface area contributed by atoms with Gasteiger partial charge in [-0.3, -0.25) is 0 Å². The summed E-state index contributed by atoms with van der Waals surface area (Å²) < 4.78 is 0.987. The van der Waals surface area contributed by atoms with Gasteiger partial charge in [-0.15, -0.1) is 0 Å². The third kappa shape index (κ3) is 3.12. The Morgan fingerprint density at radius 3 is 2.43 bits per heavy atom. The Morgan fingerprint density at radius 1 is 1.43 bits per heavy atom. The molecule has 0 spiro atoms. The summed E-state index contributed by atoms with van der Waals surface area (Å²) in [6.07, 6.45) is 0.485. The van der Waals surface area contributed by atoms with Crippen LogP contribution in [0.5, 0.6) is 0 Å². The Kier molecular flexibility index (Phi) is 4.10. The van der Waals surface area contributed by atoms with Gasteiger partial charge < -0.3 is 15.6 Å². The van der Waals surface area contributed by atoms with Crippen molar-refractivity contribution < 1.29 is 15.6 Å². The minimum Gasteiger partial charge on any atom is -0.550 e. The van der Waals surface area contributed by atoms with E-state index in [2.05, 4.69) is 21.7 Å². The fourth-order valence-electron chi connectivity index (χ4n) is 1.21. The van der Waals surface area contributed by atoms with Gasteiger partial charge in [-0.2, -0.15) is 0 Å². The summed E-state index contributed by atoms with van der Waals surface area (Å²) in [5, 5.41) is 10.6. The van der Waals surface area contributed by atoms with Crippen molar-refractivity contribution in [2.75, 3.05) is 6.54 Å². The summed E-state index contributed by atoms with van der Waals surface area (Å²) in [7, 11) is 0. The van der Waals surface area contributed by atoms with Crippen LogP contribution >= 0.6 is 15.9 Å². The van der Waals surface area contributed by atoms with Gasteiger partial charge in [0.25, 0.3) is 0 Å². The lowest BCUT2D eigenvalue weighted by Crippen LogP contribution is -2.57. The molecule has 4 heteroatoms. The zero-order valence-corrected chi connectivity index (χ0v) is 9.29. The summed E-state index contributed by atoms with van der Waals surface area (Å²) in [6, 6.07) is 7.58. The molecule has 1 aromatic carbocycles. The van der Waals surface area contributed by atoms with Crippen molar-refractivity contribution in [2.45, 2.75) is 6.42 Å². The largest absolute Gasteiger partial charge is 0.550 e. The number of hydrogen-bond donors (Lipinski definition) is 1. The van der Waals surface area contributed by atoms with Gasteiger partial charge in [0, 0.05) is 4.47 Å². The molecule has 0 unspecified atom stereocenters. The van der Waals surface area contributed by atoms with E-state index in [0.29, 0.717) is 13.0 Å². The Bertz CT molecular complexity index is 310. The maximum atomic E-state index is 10.6. The topological polar surface area (TPSA) is 67.8 Å². The first kappa shape index (κ1) is 11.2. The van der Waals surface area contributed by atoms with Gasteiger partial charge >= 0.3 is 0 Å². The van der Waals surface area contributed by atoms with Crippen LogP contribution in [0.15, 0.2) is 28.7 Å². The molecular formula is C10H12BrNO2. The Morgan fingerprint density at radius 2 is 2.00 bits per heavy atom. The van der Waals surface area contributed by atoms with Crippen molar-refractivity contribution in [3.63, 3.8) is 0 Å². The third-order valence-electron chi connectivity index (χ3n) is 2.08. The molecule has 76 valence electrons. The number of carboxylic acids is 1. The number of carbonyl (C=O) groups is 1. The molecule has 0 aliphatic heterocycles. The first-order valence-corrected chi connectivity index (χ1v) is 5.17. The highest BCUT2D eigenvalue weighted by Crippen LogP contribution is 2.13. The number of hydrogen-bond acceptors (Lipinski definition) is 2. The van der Waals surface area contributed by atoms with E-state index in [1.807, 2.05) is 24.3 Å². The number of benzene rings is 1. The molecule has 1 rings (SSSR count). The highest BCUT2D eigenvalue weighted by molar-refractivity contribution is 9.10. The predicted octanol–water partition coefficient (Wildman–Crippen LogP) is -0.400. The molecule has 1 aromatic rings. The van der Waals surface area contributed by atoms with Gasteiger partial charge in [0.15, 0.2) is 0 Å². The van der Waals surface area contributed by atoms with Gasteiger partial charge in [-0.25, -0.2) is 0 Å². The molecule has 3 N–H and O–H groups in total. The molecule has 14 heavy (non-hydrogen) atoms. The van der Waals surface area contributed by atoms with Gasteiger partial charge in [-0.05, 0) is 24.1 Å². The highest BCUT2D eigenvalue weighted by Gasteiger charge is 2.10. The van der Waals surface area contributed by atoms with E-state index in [0.717, 1.165) is 10.0 Å². The minimum atomic E-state index is -1.03. The van der Waals surface area contributed by atoms with E-state index in [4.69, 9.17) is 0 Å². The Labute approximate surface area is 91.1 Å². The number of carboxylic acid groups (broad SMARTS) is 1. The van der Waals surface area contributed by atoms with Gasteiger partial charge in [-0.1, -0.05) is 28.1 Å². The Balaban J connectivity index is 2.67. The van der Waals surface area contributed by atoms with Crippen molar-refractivity contribution in [2.24, 2.45) is 5.92 Å². The van der Waals surface area contributed by atoms with Crippen LogP contribution in [-0.4, -0.2) is 12.5 Å². The smallest absolute Gasteiger partial charge is 0.0824 e. The van der Waals surface area contributed by atoms with Crippen LogP contribution in [0.3, 0.4) is 0 Å². The molecule has 0 aliphatic carbocycles. The number of rotatable bonds is 4. The summed E-state index contributed by atoms with van der Waals surface area (Å²) >= 11 is 3.32. The van der Waals surface area contributed by atoms with Crippen LogP contribution in [0, 0.1) is 5.92 Å². The third-order valence-corrected chi connectivity index (χ3v) is 2.61. The zero-order valence-electron chi connectivity index (χ0n) is 7.70. The van der Waals surface area contributed by atoms with E-state index >= 15 is 0 Å². The molecule has 0 saturated carbocycles. The second kappa shape index (κ2) is 5.12. The highest BCUT2D eigenvalue weighted by atomic mass is 79.9. The number of carbonyl (C=O) groups excluding carboxylic acids is 1. The summed E-state index contributed by atoms with van der Waals surface area (Å²) in [4.78, 5) is 10.6. The van der Waals surface area contributed by atoms with Crippen molar-refractivity contribution in [3.05, 3.63) is 34.3 Å². The Hall–Kier alpha value is -0.870. The zero-order chi connectivity index (χ0) is 10.6. The maximum Gasteiger partial charge on any atom is 0.0824 e. The van der Waals surface area contributed by atoms with E-state index in [1.165, 1.54) is 0 Å². The minimum absolute atomic E-state index is 0.360. The first-order chi connectivity index (χ1) is 6.63. The lowest BCUT2D eigenvalue weighted by molar-refractivity contribution is -0.387. The molecule has 3 nitrogen and oxygen atoms in total. The number of quaternary nitrogens is 1. The molecule has 0 saturated heterocycles. The fraction of sp³-hybridized carbons (Fsp3) is 0.300. The molecule has 1 atom stereocenters. The van der Waals surface area contributed by atoms with E-state index in [-0.39, 0.29) is 0 Å². The maximum absolute atomic E-state index is 10.6. The summed E-state index contributed by atoms with van der Waals surface area (Å²) in [5.74, 6) is -1.51. The average molecular weight is 258 g/mol. The van der Waals surface area contributed by atoms with Crippen LogP contribution in [0.25, 0.3) is 0 Å². The predicted molar refractivity (Wildman–Crippen MR) is 54.1 cm³/mol.